The molecule has 2 heterocycles. The van der Waals surface area contributed by atoms with E-state index < -0.39 is 6.23 Å². The van der Waals surface area contributed by atoms with Crippen molar-refractivity contribution in [3.05, 3.63) is 72.1 Å². The number of nitrogens with zero attached hydrogens (tertiary/aromatic N) is 5. The smallest absolute Gasteiger partial charge is 0.194 e. The van der Waals surface area contributed by atoms with E-state index in [1.165, 1.54) is 4.68 Å². The van der Waals surface area contributed by atoms with E-state index in [4.69, 9.17) is 0 Å². The summed E-state index contributed by atoms with van der Waals surface area (Å²) in [6.45, 7) is 1.92. The normalized spacial score (nSPS) is 12.6. The van der Waals surface area contributed by atoms with Gasteiger partial charge in [0.1, 0.15) is 11.2 Å². The molecule has 0 amide bonds. The standard InChI is InChI=1S/C17H15N5O/c1-12-11-21(13-7-3-2-4-8-13)19-16(12)17(23)22-15-10-6-5-9-14(15)18-20-22/h2-11,17,23H,1H3/t17-/m1/s1. The van der Waals surface area contributed by atoms with Gasteiger partial charge >= 0.3 is 0 Å². The Balaban J connectivity index is 1.77. The molecule has 6 heteroatoms. The minimum atomic E-state index is -0.979. The van der Waals surface area contributed by atoms with Crippen LogP contribution in [-0.4, -0.2) is 29.9 Å². The van der Waals surface area contributed by atoms with Gasteiger partial charge in [-0.25, -0.2) is 9.36 Å². The van der Waals surface area contributed by atoms with Crippen LogP contribution in [0.1, 0.15) is 17.5 Å². The Morgan fingerprint density at radius 3 is 2.57 bits per heavy atom. The molecule has 2 aromatic heterocycles. The molecule has 0 saturated heterocycles. The molecular formula is C17H15N5O. The SMILES string of the molecule is Cc1cn(-c2ccccc2)nc1[C@@H](O)n1nnc2ccccc21. The number of hydrogen-bond acceptors (Lipinski definition) is 4. The third-order valence-corrected chi connectivity index (χ3v) is 3.81. The Hall–Kier alpha value is -2.99. The molecule has 1 N–H and O–H groups in total. The number of aromatic nitrogens is 5. The molecule has 2 aromatic carbocycles. The molecule has 1 atom stereocenters. The zero-order chi connectivity index (χ0) is 15.8. The number of rotatable bonds is 3. The molecule has 23 heavy (non-hydrogen) atoms. The molecule has 114 valence electrons. The Morgan fingerprint density at radius 1 is 1.00 bits per heavy atom. The fraction of sp³-hybridized carbons (Fsp3) is 0.118. The average Bonchev–Trinajstić information content (AvgIpc) is 3.19. The molecule has 0 aliphatic carbocycles. The van der Waals surface area contributed by atoms with Gasteiger partial charge in [0, 0.05) is 6.20 Å². The maximum atomic E-state index is 10.7. The predicted octanol–water partition coefficient (Wildman–Crippen LogP) is 2.46. The number of aliphatic hydroxyl groups excluding tert-OH is 1. The Labute approximate surface area is 132 Å². The van der Waals surface area contributed by atoms with E-state index in [2.05, 4.69) is 15.4 Å². The minimum absolute atomic E-state index is 0.560. The molecule has 4 aromatic rings. The van der Waals surface area contributed by atoms with Crippen LogP contribution >= 0.6 is 0 Å². The highest BCUT2D eigenvalue weighted by molar-refractivity contribution is 5.74. The van der Waals surface area contributed by atoms with Crippen LogP contribution < -0.4 is 0 Å². The first-order chi connectivity index (χ1) is 11.2. The number of aryl methyl sites for hydroxylation is 1. The maximum absolute atomic E-state index is 10.7. The van der Waals surface area contributed by atoms with E-state index >= 15 is 0 Å². The summed E-state index contributed by atoms with van der Waals surface area (Å²) in [4.78, 5) is 0. The van der Waals surface area contributed by atoms with Crippen LogP contribution in [0.5, 0.6) is 0 Å². The highest BCUT2D eigenvalue weighted by Crippen LogP contribution is 2.22. The summed E-state index contributed by atoms with van der Waals surface area (Å²) in [7, 11) is 0. The summed E-state index contributed by atoms with van der Waals surface area (Å²) in [5.41, 5.74) is 3.91. The lowest BCUT2D eigenvalue weighted by atomic mass is 10.2. The molecule has 0 fully saturated rings. The van der Waals surface area contributed by atoms with E-state index in [0.29, 0.717) is 5.69 Å². The van der Waals surface area contributed by atoms with E-state index in [-0.39, 0.29) is 0 Å². The topological polar surface area (TPSA) is 68.8 Å². The Bertz CT molecular complexity index is 957. The first kappa shape index (κ1) is 13.7. The maximum Gasteiger partial charge on any atom is 0.194 e. The van der Waals surface area contributed by atoms with Gasteiger partial charge in [0.15, 0.2) is 6.23 Å². The van der Waals surface area contributed by atoms with Gasteiger partial charge in [0.2, 0.25) is 0 Å². The zero-order valence-electron chi connectivity index (χ0n) is 12.5. The molecule has 0 radical (unpaired) electrons. The summed E-state index contributed by atoms with van der Waals surface area (Å²) >= 11 is 0. The van der Waals surface area contributed by atoms with Crippen LogP contribution in [0.15, 0.2) is 60.8 Å². The van der Waals surface area contributed by atoms with E-state index in [1.807, 2.05) is 67.7 Å². The van der Waals surface area contributed by atoms with Crippen molar-refractivity contribution in [3.63, 3.8) is 0 Å². The molecule has 0 saturated carbocycles. The van der Waals surface area contributed by atoms with Gasteiger partial charge in [0.25, 0.3) is 0 Å². The monoisotopic (exact) mass is 305 g/mol. The van der Waals surface area contributed by atoms with Crippen molar-refractivity contribution in [1.29, 1.82) is 0 Å². The summed E-state index contributed by atoms with van der Waals surface area (Å²) in [6.07, 6.45) is 0.917. The van der Waals surface area contributed by atoms with Gasteiger partial charge in [-0.15, -0.1) is 5.10 Å². The van der Waals surface area contributed by atoms with Gasteiger partial charge in [0.05, 0.1) is 11.2 Å². The van der Waals surface area contributed by atoms with Gasteiger partial charge in [-0.1, -0.05) is 35.5 Å². The largest absolute Gasteiger partial charge is 0.366 e. The molecular weight excluding hydrogens is 290 g/mol. The van der Waals surface area contributed by atoms with Crippen molar-refractivity contribution in [2.75, 3.05) is 0 Å². The summed E-state index contributed by atoms with van der Waals surface area (Å²) in [5.74, 6) is 0. The highest BCUT2D eigenvalue weighted by atomic mass is 16.3. The van der Waals surface area contributed by atoms with Gasteiger partial charge in [-0.3, -0.25) is 0 Å². The van der Waals surface area contributed by atoms with E-state index in [0.717, 1.165) is 22.3 Å². The van der Waals surface area contributed by atoms with Crippen LogP contribution in [0.3, 0.4) is 0 Å². The number of para-hydroxylation sites is 2. The lowest BCUT2D eigenvalue weighted by molar-refractivity contribution is 0.129. The third-order valence-electron chi connectivity index (χ3n) is 3.81. The second-order valence-electron chi connectivity index (χ2n) is 5.37. The number of fused-ring (bicyclic) bond motifs is 1. The third kappa shape index (κ3) is 2.29. The second-order valence-corrected chi connectivity index (χ2v) is 5.37. The van der Waals surface area contributed by atoms with Crippen LogP contribution in [0.4, 0.5) is 0 Å². The first-order valence-electron chi connectivity index (χ1n) is 7.33. The lowest BCUT2D eigenvalue weighted by Gasteiger charge is -2.09. The summed E-state index contributed by atoms with van der Waals surface area (Å²) in [6, 6.07) is 17.3. The molecule has 4 rings (SSSR count). The molecule has 0 spiro atoms. The van der Waals surface area contributed by atoms with Crippen molar-refractivity contribution in [2.45, 2.75) is 13.2 Å². The predicted molar refractivity (Wildman–Crippen MR) is 86.2 cm³/mol. The molecule has 0 unspecified atom stereocenters. The number of benzene rings is 2. The van der Waals surface area contributed by atoms with Gasteiger partial charge < -0.3 is 5.11 Å². The number of hydrogen-bond donors (Lipinski definition) is 1. The molecule has 0 bridgehead atoms. The van der Waals surface area contributed by atoms with Crippen LogP contribution in [0, 0.1) is 6.92 Å². The zero-order valence-corrected chi connectivity index (χ0v) is 12.5. The second kappa shape index (κ2) is 5.33. The molecule has 0 aliphatic rings. The summed E-state index contributed by atoms with van der Waals surface area (Å²) < 4.78 is 3.24. The lowest BCUT2D eigenvalue weighted by Crippen LogP contribution is -2.13. The average molecular weight is 305 g/mol. The van der Waals surface area contributed by atoms with Crippen molar-refractivity contribution in [2.24, 2.45) is 0 Å². The highest BCUT2D eigenvalue weighted by Gasteiger charge is 2.20. The Morgan fingerprint density at radius 2 is 1.74 bits per heavy atom. The van der Waals surface area contributed by atoms with E-state index in [1.54, 1.807) is 4.68 Å². The van der Waals surface area contributed by atoms with Crippen molar-refractivity contribution < 1.29 is 5.11 Å². The summed E-state index contributed by atoms with van der Waals surface area (Å²) in [5, 5.41) is 23.4. The van der Waals surface area contributed by atoms with Crippen LogP contribution in [0.25, 0.3) is 16.7 Å². The van der Waals surface area contributed by atoms with E-state index in [9.17, 15) is 5.11 Å². The number of aliphatic hydroxyl groups is 1. The van der Waals surface area contributed by atoms with Crippen LogP contribution in [0.2, 0.25) is 0 Å². The van der Waals surface area contributed by atoms with Crippen molar-refractivity contribution in [1.82, 2.24) is 24.8 Å². The van der Waals surface area contributed by atoms with Crippen molar-refractivity contribution in [3.8, 4) is 5.69 Å². The van der Waals surface area contributed by atoms with Gasteiger partial charge in [-0.2, -0.15) is 5.10 Å². The quantitative estimate of drug-likeness (QED) is 0.631. The Kier molecular flexibility index (Phi) is 3.17. The van der Waals surface area contributed by atoms with Crippen molar-refractivity contribution >= 4 is 11.0 Å². The van der Waals surface area contributed by atoms with Crippen LogP contribution in [-0.2, 0) is 0 Å². The minimum Gasteiger partial charge on any atom is -0.366 e. The molecule has 6 nitrogen and oxygen atoms in total. The molecule has 0 aliphatic heterocycles. The fourth-order valence-electron chi connectivity index (χ4n) is 2.63. The first-order valence-corrected chi connectivity index (χ1v) is 7.33. The van der Waals surface area contributed by atoms with Gasteiger partial charge in [-0.05, 0) is 36.8 Å². The fourth-order valence-corrected chi connectivity index (χ4v) is 2.63.